The molecule has 0 aliphatic carbocycles. The van der Waals surface area contributed by atoms with Gasteiger partial charge >= 0.3 is 5.97 Å². The molecule has 0 bridgehead atoms. The van der Waals surface area contributed by atoms with Gasteiger partial charge in [-0.1, -0.05) is 6.92 Å². The van der Waals surface area contributed by atoms with Crippen molar-refractivity contribution in [1.82, 2.24) is 10.2 Å². The minimum atomic E-state index is -1.04. The zero-order valence-electron chi connectivity index (χ0n) is 10.00. The van der Waals surface area contributed by atoms with E-state index in [2.05, 4.69) is 5.32 Å². The minimum absolute atomic E-state index is 0.175. The van der Waals surface area contributed by atoms with E-state index in [1.165, 1.54) is 0 Å². The van der Waals surface area contributed by atoms with Gasteiger partial charge in [0.25, 0.3) is 0 Å². The largest absolute Gasteiger partial charge is 0.480 e. The Morgan fingerprint density at radius 2 is 1.93 bits per heavy atom. The third-order valence-electron chi connectivity index (χ3n) is 2.68. The highest BCUT2D eigenvalue weighted by atomic mass is 16.4. The molecule has 15 heavy (non-hydrogen) atoms. The molecule has 0 aromatic rings. The Morgan fingerprint density at radius 3 is 2.20 bits per heavy atom. The first-order valence-corrected chi connectivity index (χ1v) is 5.00. The normalized spacial score (nSPS) is 13.7. The van der Waals surface area contributed by atoms with E-state index in [-0.39, 0.29) is 5.91 Å². The molecule has 1 amide bonds. The van der Waals surface area contributed by atoms with Gasteiger partial charge in [-0.3, -0.25) is 14.5 Å². The van der Waals surface area contributed by atoms with Gasteiger partial charge in [-0.2, -0.15) is 0 Å². The van der Waals surface area contributed by atoms with Crippen LogP contribution in [0.1, 0.15) is 27.7 Å². The summed E-state index contributed by atoms with van der Waals surface area (Å²) < 4.78 is 0. The number of carboxylic acids is 1. The topological polar surface area (TPSA) is 69.6 Å². The first kappa shape index (κ1) is 13.9. The lowest BCUT2D eigenvalue weighted by atomic mass is 10.0. The number of carbonyl (C=O) groups excluding carboxylic acids is 1. The fourth-order valence-electron chi connectivity index (χ4n) is 1.63. The van der Waals surface area contributed by atoms with Crippen LogP contribution in [-0.4, -0.2) is 47.1 Å². The summed E-state index contributed by atoms with van der Waals surface area (Å²) >= 11 is 0. The van der Waals surface area contributed by atoms with Crippen molar-refractivity contribution in [2.75, 3.05) is 13.6 Å². The molecule has 0 rings (SSSR count). The van der Waals surface area contributed by atoms with E-state index in [1.807, 2.05) is 6.92 Å². The molecule has 2 N–H and O–H groups in total. The van der Waals surface area contributed by atoms with Crippen molar-refractivity contribution in [2.24, 2.45) is 0 Å². The number of carbonyl (C=O) groups is 2. The molecule has 0 aliphatic rings. The summed E-state index contributed by atoms with van der Waals surface area (Å²) in [5.74, 6) is -1.11. The summed E-state index contributed by atoms with van der Waals surface area (Å²) in [5, 5.41) is 11.6. The second kappa shape index (κ2) is 5.11. The Kier molecular flexibility index (Phi) is 4.74. The predicted molar refractivity (Wildman–Crippen MR) is 57.6 cm³/mol. The van der Waals surface area contributed by atoms with Gasteiger partial charge in [0.05, 0.1) is 6.04 Å². The standard InChI is InChI=1S/C10H20N2O3/c1-6-12(7(2)8(13)11-5)10(3,4)9(14)15/h7H,6H2,1-5H3,(H,11,13)(H,14,15). The van der Waals surface area contributed by atoms with E-state index >= 15 is 0 Å². The van der Waals surface area contributed by atoms with Gasteiger partial charge in [0.2, 0.25) is 5.91 Å². The molecule has 5 heteroatoms. The summed E-state index contributed by atoms with van der Waals surface area (Å²) in [5.41, 5.74) is -1.04. The van der Waals surface area contributed by atoms with Crippen LogP contribution >= 0.6 is 0 Å². The van der Waals surface area contributed by atoms with E-state index in [0.717, 1.165) is 0 Å². The number of hydrogen-bond donors (Lipinski definition) is 2. The van der Waals surface area contributed by atoms with Crippen LogP contribution in [-0.2, 0) is 9.59 Å². The van der Waals surface area contributed by atoms with Crippen molar-refractivity contribution < 1.29 is 14.7 Å². The maximum Gasteiger partial charge on any atom is 0.323 e. The fourth-order valence-corrected chi connectivity index (χ4v) is 1.63. The molecule has 0 saturated carbocycles. The SMILES string of the molecule is CCN(C(C)C(=O)NC)C(C)(C)C(=O)O. The van der Waals surface area contributed by atoms with Gasteiger partial charge in [0, 0.05) is 7.05 Å². The highest BCUT2D eigenvalue weighted by molar-refractivity contribution is 5.83. The number of aliphatic carboxylic acids is 1. The Hall–Kier alpha value is -1.10. The van der Waals surface area contributed by atoms with Crippen LogP contribution < -0.4 is 5.32 Å². The van der Waals surface area contributed by atoms with Gasteiger partial charge in [-0.15, -0.1) is 0 Å². The maximum absolute atomic E-state index is 11.4. The van der Waals surface area contributed by atoms with E-state index < -0.39 is 17.6 Å². The van der Waals surface area contributed by atoms with Crippen molar-refractivity contribution in [3.63, 3.8) is 0 Å². The lowest BCUT2D eigenvalue weighted by molar-refractivity contribution is -0.152. The summed E-state index contributed by atoms with van der Waals surface area (Å²) in [6.07, 6.45) is 0. The number of rotatable bonds is 5. The third-order valence-corrected chi connectivity index (χ3v) is 2.68. The first-order valence-electron chi connectivity index (χ1n) is 5.00. The second-order valence-corrected chi connectivity index (χ2v) is 3.94. The molecular weight excluding hydrogens is 196 g/mol. The summed E-state index contributed by atoms with van der Waals surface area (Å²) in [7, 11) is 1.54. The van der Waals surface area contributed by atoms with E-state index in [9.17, 15) is 9.59 Å². The number of likely N-dealkylation sites (N-methyl/N-ethyl adjacent to an activating group) is 2. The van der Waals surface area contributed by atoms with Crippen molar-refractivity contribution in [1.29, 1.82) is 0 Å². The average molecular weight is 216 g/mol. The van der Waals surface area contributed by atoms with Crippen LogP contribution in [0.3, 0.4) is 0 Å². The molecule has 0 saturated heterocycles. The quantitative estimate of drug-likeness (QED) is 0.693. The molecule has 0 spiro atoms. The molecule has 0 heterocycles. The minimum Gasteiger partial charge on any atom is -0.480 e. The fraction of sp³-hybridized carbons (Fsp3) is 0.800. The lowest BCUT2D eigenvalue weighted by Crippen LogP contribution is -2.57. The van der Waals surface area contributed by atoms with Gasteiger partial charge in [-0.05, 0) is 27.3 Å². The van der Waals surface area contributed by atoms with Crippen LogP contribution in [0.5, 0.6) is 0 Å². The molecule has 0 aliphatic heterocycles. The van der Waals surface area contributed by atoms with Crippen molar-refractivity contribution in [3.8, 4) is 0 Å². The van der Waals surface area contributed by atoms with E-state index in [4.69, 9.17) is 5.11 Å². The summed E-state index contributed by atoms with van der Waals surface area (Å²) in [6.45, 7) is 7.24. The van der Waals surface area contributed by atoms with E-state index in [0.29, 0.717) is 6.54 Å². The average Bonchev–Trinajstić information content (AvgIpc) is 2.16. The molecule has 1 atom stereocenters. The maximum atomic E-state index is 11.4. The Morgan fingerprint density at radius 1 is 1.47 bits per heavy atom. The van der Waals surface area contributed by atoms with Crippen LogP contribution in [0, 0.1) is 0 Å². The summed E-state index contributed by atoms with van der Waals surface area (Å²) in [4.78, 5) is 24.1. The van der Waals surface area contributed by atoms with Crippen molar-refractivity contribution in [2.45, 2.75) is 39.3 Å². The molecule has 0 radical (unpaired) electrons. The first-order chi connectivity index (χ1) is 6.78. The van der Waals surface area contributed by atoms with Gasteiger partial charge in [-0.25, -0.2) is 0 Å². The monoisotopic (exact) mass is 216 g/mol. The van der Waals surface area contributed by atoms with Gasteiger partial charge in [0.15, 0.2) is 0 Å². The van der Waals surface area contributed by atoms with Gasteiger partial charge in [0.1, 0.15) is 5.54 Å². The van der Waals surface area contributed by atoms with Crippen LogP contribution in [0.25, 0.3) is 0 Å². The zero-order valence-corrected chi connectivity index (χ0v) is 10.00. The van der Waals surface area contributed by atoms with E-state index in [1.54, 1.807) is 32.7 Å². The Bertz CT molecular complexity index is 251. The molecule has 0 fully saturated rings. The summed E-state index contributed by atoms with van der Waals surface area (Å²) in [6, 6.07) is -0.453. The Labute approximate surface area is 90.5 Å². The number of amides is 1. The highest BCUT2D eigenvalue weighted by Crippen LogP contribution is 2.17. The highest BCUT2D eigenvalue weighted by Gasteiger charge is 2.38. The Balaban J connectivity index is 4.91. The molecular formula is C10H20N2O3. The molecule has 0 aromatic heterocycles. The second-order valence-electron chi connectivity index (χ2n) is 3.94. The zero-order chi connectivity index (χ0) is 12.2. The van der Waals surface area contributed by atoms with Crippen LogP contribution in [0.4, 0.5) is 0 Å². The number of hydrogen-bond acceptors (Lipinski definition) is 3. The van der Waals surface area contributed by atoms with Crippen molar-refractivity contribution in [3.05, 3.63) is 0 Å². The van der Waals surface area contributed by atoms with Crippen LogP contribution in [0.2, 0.25) is 0 Å². The third kappa shape index (κ3) is 2.92. The number of nitrogens with zero attached hydrogens (tertiary/aromatic N) is 1. The molecule has 0 aromatic carbocycles. The van der Waals surface area contributed by atoms with Crippen molar-refractivity contribution >= 4 is 11.9 Å². The molecule has 88 valence electrons. The van der Waals surface area contributed by atoms with Gasteiger partial charge < -0.3 is 10.4 Å². The lowest BCUT2D eigenvalue weighted by Gasteiger charge is -2.37. The smallest absolute Gasteiger partial charge is 0.323 e. The number of nitrogens with one attached hydrogen (secondary N) is 1. The number of carboxylic acid groups (broad SMARTS) is 1. The molecule has 1 unspecified atom stereocenters. The predicted octanol–water partition coefficient (Wildman–Crippen LogP) is 0.306. The molecule has 5 nitrogen and oxygen atoms in total. The van der Waals surface area contributed by atoms with Crippen LogP contribution in [0.15, 0.2) is 0 Å².